The zero-order chi connectivity index (χ0) is 22.6. The fourth-order valence-corrected chi connectivity index (χ4v) is 4.00. The van der Waals surface area contributed by atoms with E-state index in [1.807, 2.05) is 55.5 Å². The first-order chi connectivity index (χ1) is 16.1. The number of hydrogen-bond acceptors (Lipinski definition) is 6. The van der Waals surface area contributed by atoms with E-state index in [0.717, 1.165) is 67.4 Å². The highest BCUT2D eigenvalue weighted by molar-refractivity contribution is 5.94. The minimum atomic E-state index is -0.141. The van der Waals surface area contributed by atoms with Gasteiger partial charge < -0.3 is 19.5 Å². The van der Waals surface area contributed by atoms with Crippen LogP contribution in [0.2, 0.25) is 0 Å². The van der Waals surface area contributed by atoms with E-state index in [1.165, 1.54) is 0 Å². The summed E-state index contributed by atoms with van der Waals surface area (Å²) in [6.07, 6.45) is 1.000. The SMILES string of the molecule is Cc1oc(-c2ccccc2)nc1CC(=O)Nc1ccc2nc(CCN3CCOCC3)[nH]c2c1. The highest BCUT2D eigenvalue weighted by Crippen LogP contribution is 2.22. The van der Waals surface area contributed by atoms with E-state index in [1.54, 1.807) is 0 Å². The van der Waals surface area contributed by atoms with Gasteiger partial charge in [0.1, 0.15) is 11.6 Å². The van der Waals surface area contributed by atoms with Gasteiger partial charge in [0.25, 0.3) is 0 Å². The van der Waals surface area contributed by atoms with Crippen molar-refractivity contribution in [1.82, 2.24) is 19.9 Å². The number of aromatic amines is 1. The minimum absolute atomic E-state index is 0.141. The van der Waals surface area contributed by atoms with Gasteiger partial charge in [0.15, 0.2) is 0 Å². The molecule has 0 saturated carbocycles. The topological polar surface area (TPSA) is 96.3 Å². The maximum Gasteiger partial charge on any atom is 0.230 e. The van der Waals surface area contributed by atoms with Crippen molar-refractivity contribution in [3.63, 3.8) is 0 Å². The second-order valence-corrected chi connectivity index (χ2v) is 8.23. The highest BCUT2D eigenvalue weighted by atomic mass is 16.5. The van der Waals surface area contributed by atoms with Crippen molar-refractivity contribution in [2.75, 3.05) is 38.2 Å². The third-order valence-electron chi connectivity index (χ3n) is 5.82. The number of amides is 1. The number of rotatable bonds is 7. The Labute approximate surface area is 192 Å². The van der Waals surface area contributed by atoms with E-state index in [4.69, 9.17) is 9.15 Å². The minimum Gasteiger partial charge on any atom is -0.441 e. The van der Waals surface area contributed by atoms with Crippen LogP contribution in [0.3, 0.4) is 0 Å². The quantitative estimate of drug-likeness (QED) is 0.451. The summed E-state index contributed by atoms with van der Waals surface area (Å²) in [4.78, 5) is 27.6. The van der Waals surface area contributed by atoms with Gasteiger partial charge in [0, 0.05) is 37.3 Å². The summed E-state index contributed by atoms with van der Waals surface area (Å²) in [6, 6.07) is 15.4. The molecule has 1 fully saturated rings. The van der Waals surface area contributed by atoms with Crippen molar-refractivity contribution in [2.45, 2.75) is 19.8 Å². The number of carbonyl (C=O) groups is 1. The number of carbonyl (C=O) groups excluding carboxylic acids is 1. The van der Waals surface area contributed by atoms with Gasteiger partial charge >= 0.3 is 0 Å². The van der Waals surface area contributed by atoms with E-state index < -0.39 is 0 Å². The van der Waals surface area contributed by atoms with Gasteiger partial charge in [-0.05, 0) is 37.3 Å². The molecule has 8 nitrogen and oxygen atoms in total. The predicted molar refractivity (Wildman–Crippen MR) is 126 cm³/mol. The number of aromatic nitrogens is 3. The molecular weight excluding hydrogens is 418 g/mol. The van der Waals surface area contributed by atoms with Gasteiger partial charge in [-0.3, -0.25) is 9.69 Å². The predicted octanol–water partition coefficient (Wildman–Crippen LogP) is 3.58. The Bertz CT molecular complexity index is 1240. The number of aryl methyl sites for hydroxylation is 1. The normalized spacial score (nSPS) is 14.6. The van der Waals surface area contributed by atoms with E-state index in [0.29, 0.717) is 17.3 Å². The third-order valence-corrected chi connectivity index (χ3v) is 5.82. The zero-order valence-electron chi connectivity index (χ0n) is 18.6. The van der Waals surface area contributed by atoms with Gasteiger partial charge in [-0.1, -0.05) is 18.2 Å². The number of oxazole rings is 1. The number of morpholine rings is 1. The standard InChI is InChI=1S/C25H27N5O3/c1-17-21(29-25(33-17)18-5-3-2-4-6-18)16-24(31)26-19-7-8-20-22(15-19)28-23(27-20)9-10-30-11-13-32-14-12-30/h2-8,15H,9-14,16H2,1H3,(H,26,31)(H,27,28). The fourth-order valence-electron chi connectivity index (χ4n) is 4.00. The highest BCUT2D eigenvalue weighted by Gasteiger charge is 2.16. The first-order valence-corrected chi connectivity index (χ1v) is 11.2. The smallest absolute Gasteiger partial charge is 0.230 e. The lowest BCUT2D eigenvalue weighted by atomic mass is 10.2. The molecule has 4 aromatic rings. The molecule has 170 valence electrons. The number of fused-ring (bicyclic) bond motifs is 1. The van der Waals surface area contributed by atoms with Crippen LogP contribution in [0.15, 0.2) is 52.9 Å². The molecule has 1 saturated heterocycles. The Morgan fingerprint density at radius 3 is 2.76 bits per heavy atom. The summed E-state index contributed by atoms with van der Waals surface area (Å²) in [5.74, 6) is 1.99. The number of benzene rings is 2. The number of ether oxygens (including phenoxy) is 1. The van der Waals surface area contributed by atoms with Crippen LogP contribution in [0, 0.1) is 6.92 Å². The number of nitrogens with one attached hydrogen (secondary N) is 2. The molecule has 2 aromatic heterocycles. The lowest BCUT2D eigenvalue weighted by Gasteiger charge is -2.25. The van der Waals surface area contributed by atoms with Crippen LogP contribution < -0.4 is 5.32 Å². The van der Waals surface area contributed by atoms with Gasteiger partial charge in [-0.25, -0.2) is 9.97 Å². The maximum atomic E-state index is 12.7. The largest absolute Gasteiger partial charge is 0.441 e. The Hall–Kier alpha value is -3.49. The van der Waals surface area contributed by atoms with E-state index >= 15 is 0 Å². The molecule has 2 aromatic carbocycles. The van der Waals surface area contributed by atoms with Crippen LogP contribution in [-0.4, -0.2) is 58.6 Å². The van der Waals surface area contributed by atoms with Gasteiger partial charge in [0.05, 0.1) is 36.4 Å². The van der Waals surface area contributed by atoms with E-state index in [9.17, 15) is 4.79 Å². The molecule has 5 rings (SSSR count). The molecule has 1 aliphatic heterocycles. The summed E-state index contributed by atoms with van der Waals surface area (Å²) in [5.41, 5.74) is 4.06. The number of anilines is 1. The first-order valence-electron chi connectivity index (χ1n) is 11.2. The van der Waals surface area contributed by atoms with Crippen LogP contribution in [0.4, 0.5) is 5.69 Å². The van der Waals surface area contributed by atoms with Crippen molar-refractivity contribution in [3.8, 4) is 11.5 Å². The van der Waals surface area contributed by atoms with Gasteiger partial charge in [-0.15, -0.1) is 0 Å². The summed E-state index contributed by atoms with van der Waals surface area (Å²) in [6.45, 7) is 6.31. The monoisotopic (exact) mass is 445 g/mol. The summed E-state index contributed by atoms with van der Waals surface area (Å²) in [5, 5.41) is 2.96. The molecule has 0 unspecified atom stereocenters. The zero-order valence-corrected chi connectivity index (χ0v) is 18.6. The van der Waals surface area contributed by atoms with Crippen LogP contribution in [-0.2, 0) is 22.4 Å². The molecule has 0 bridgehead atoms. The van der Waals surface area contributed by atoms with Crippen molar-refractivity contribution in [3.05, 3.63) is 65.8 Å². The molecule has 3 heterocycles. The number of hydrogen-bond donors (Lipinski definition) is 2. The average Bonchev–Trinajstić information content (AvgIpc) is 3.41. The Kier molecular flexibility index (Phi) is 6.19. The third kappa shape index (κ3) is 5.13. The lowest BCUT2D eigenvalue weighted by Crippen LogP contribution is -2.37. The first kappa shape index (κ1) is 21.4. The van der Waals surface area contributed by atoms with Crippen molar-refractivity contribution in [1.29, 1.82) is 0 Å². The lowest BCUT2D eigenvalue weighted by molar-refractivity contribution is -0.115. The molecule has 2 N–H and O–H groups in total. The molecule has 0 aliphatic carbocycles. The second-order valence-electron chi connectivity index (χ2n) is 8.23. The second kappa shape index (κ2) is 9.56. The molecule has 0 atom stereocenters. The molecule has 33 heavy (non-hydrogen) atoms. The number of nitrogens with zero attached hydrogens (tertiary/aromatic N) is 3. The van der Waals surface area contributed by atoms with Crippen molar-refractivity contribution < 1.29 is 13.9 Å². The molecule has 0 radical (unpaired) electrons. The molecule has 0 spiro atoms. The van der Waals surface area contributed by atoms with Crippen molar-refractivity contribution >= 4 is 22.6 Å². The number of H-pyrrole nitrogens is 1. The van der Waals surface area contributed by atoms with Crippen LogP contribution in [0.25, 0.3) is 22.5 Å². The average molecular weight is 446 g/mol. The van der Waals surface area contributed by atoms with E-state index in [-0.39, 0.29) is 12.3 Å². The van der Waals surface area contributed by atoms with Crippen molar-refractivity contribution in [2.24, 2.45) is 0 Å². The summed E-state index contributed by atoms with van der Waals surface area (Å²) in [7, 11) is 0. The van der Waals surface area contributed by atoms with Gasteiger partial charge in [0.2, 0.25) is 11.8 Å². The van der Waals surface area contributed by atoms with Crippen LogP contribution in [0.1, 0.15) is 17.3 Å². The molecular formula is C25H27N5O3. The molecule has 1 aliphatic rings. The summed E-state index contributed by atoms with van der Waals surface area (Å²) >= 11 is 0. The Morgan fingerprint density at radius 1 is 1.12 bits per heavy atom. The molecule has 8 heteroatoms. The Balaban J connectivity index is 1.22. The fraction of sp³-hybridized carbons (Fsp3) is 0.320. The molecule has 1 amide bonds. The number of imidazole rings is 1. The summed E-state index contributed by atoms with van der Waals surface area (Å²) < 4.78 is 11.2. The van der Waals surface area contributed by atoms with Crippen LogP contribution in [0.5, 0.6) is 0 Å². The maximum absolute atomic E-state index is 12.7. The Morgan fingerprint density at radius 2 is 1.94 bits per heavy atom. The van der Waals surface area contributed by atoms with E-state index in [2.05, 4.69) is 25.2 Å². The van der Waals surface area contributed by atoms with Crippen LogP contribution >= 0.6 is 0 Å². The van der Waals surface area contributed by atoms with Gasteiger partial charge in [-0.2, -0.15) is 0 Å².